The van der Waals surface area contributed by atoms with Crippen molar-refractivity contribution in [2.24, 2.45) is 0 Å². The van der Waals surface area contributed by atoms with Crippen molar-refractivity contribution in [1.29, 1.82) is 0 Å². The van der Waals surface area contributed by atoms with Crippen LogP contribution < -0.4 is 0 Å². The first-order chi connectivity index (χ1) is 16.6. The van der Waals surface area contributed by atoms with Gasteiger partial charge in [-0.2, -0.15) is 47.9 Å². The molecule has 1 fully saturated rings. The third-order valence-corrected chi connectivity index (χ3v) is 11.2. The summed E-state index contributed by atoms with van der Waals surface area (Å²) in [5.74, 6) is -15.5. The Labute approximate surface area is 208 Å². The molecule has 2 atom stereocenters. The molecule has 0 amide bonds. The topological polar surface area (TPSA) is 52.6 Å². The fourth-order valence-corrected chi connectivity index (χ4v) is 9.83. The highest BCUT2D eigenvalue weighted by molar-refractivity contribution is 8.33. The van der Waals surface area contributed by atoms with Crippen LogP contribution in [0, 0.1) is 0 Å². The maximum Gasteiger partial charge on any atom is 0.460 e. The second kappa shape index (κ2) is 9.19. The van der Waals surface area contributed by atoms with Gasteiger partial charge in [0.15, 0.2) is 0 Å². The molecule has 37 heavy (non-hydrogen) atoms. The quantitative estimate of drug-likeness (QED) is 0.320. The van der Waals surface area contributed by atoms with Crippen molar-refractivity contribution in [1.82, 2.24) is 0 Å². The largest absolute Gasteiger partial charge is 0.460 e. The maximum absolute atomic E-state index is 14.6. The second-order valence-corrected chi connectivity index (χ2v) is 14.3. The van der Waals surface area contributed by atoms with E-state index in [1.807, 2.05) is 0 Å². The second-order valence-electron chi connectivity index (χ2n) is 9.49. The smallest absolute Gasteiger partial charge is 0.372 e. The molecule has 1 aliphatic heterocycles. The minimum atomic E-state index is -7.38. The number of hydrogen-bond donors (Lipinski definition) is 0. The average molecular weight is 587 g/mol. The first-order valence-corrected chi connectivity index (χ1v) is 14.0. The summed E-state index contributed by atoms with van der Waals surface area (Å²) in [7, 11) is -10.6. The van der Waals surface area contributed by atoms with Gasteiger partial charge in [-0.3, -0.25) is 0 Å². The number of ether oxygens (including phenoxy) is 1. The molecule has 210 valence electrons. The lowest BCUT2D eigenvalue weighted by Gasteiger charge is -2.39. The van der Waals surface area contributed by atoms with Crippen LogP contribution in [0.3, 0.4) is 0 Å². The molecule has 1 aliphatic rings. The van der Waals surface area contributed by atoms with E-state index in [4.69, 9.17) is 8.37 Å². The van der Waals surface area contributed by atoms with E-state index < -0.39 is 61.2 Å². The molecule has 2 aromatic rings. The summed E-state index contributed by atoms with van der Waals surface area (Å²) in [4.78, 5) is 0.0240. The molecule has 1 saturated heterocycles. The Morgan fingerprint density at radius 1 is 0.838 bits per heavy atom. The standard InChI is InChI=1S/C22H23F9O4S2/c1-18(2,3)34-15-11-12-36(13-15,17-10-6-8-14-7-4-5-9-16(14)17)35-37(32,33)22(30,31)20(25,26)19(23,24)21(27,28)29/h4-10,15H,11-13H2,1-3H3. The van der Waals surface area contributed by atoms with Crippen LogP contribution in [0.5, 0.6) is 0 Å². The summed E-state index contributed by atoms with van der Waals surface area (Å²) in [6, 6.07) is 10.5. The van der Waals surface area contributed by atoms with Gasteiger partial charge in [0.25, 0.3) is 0 Å². The van der Waals surface area contributed by atoms with Crippen LogP contribution in [0.1, 0.15) is 27.2 Å². The van der Waals surface area contributed by atoms with Gasteiger partial charge in [0.2, 0.25) is 0 Å². The van der Waals surface area contributed by atoms with E-state index in [-0.39, 0.29) is 17.1 Å². The number of halogens is 9. The Bertz CT molecular complexity index is 1250. The van der Waals surface area contributed by atoms with E-state index >= 15 is 0 Å². The Morgan fingerprint density at radius 2 is 1.41 bits per heavy atom. The molecule has 0 radical (unpaired) electrons. The Morgan fingerprint density at radius 3 is 1.97 bits per heavy atom. The number of alkyl halides is 9. The lowest BCUT2D eigenvalue weighted by atomic mass is 10.1. The Balaban J connectivity index is 2.16. The summed E-state index contributed by atoms with van der Waals surface area (Å²) in [5, 5.41) is -6.14. The van der Waals surface area contributed by atoms with Crippen LogP contribution >= 0.6 is 10.3 Å². The van der Waals surface area contributed by atoms with Gasteiger partial charge in [-0.1, -0.05) is 46.7 Å². The molecule has 15 heteroatoms. The van der Waals surface area contributed by atoms with Crippen molar-refractivity contribution in [3.8, 4) is 0 Å². The fraction of sp³-hybridized carbons (Fsp3) is 0.545. The van der Waals surface area contributed by atoms with Gasteiger partial charge < -0.3 is 4.74 Å². The van der Waals surface area contributed by atoms with E-state index in [2.05, 4.69) is 0 Å². The molecule has 0 spiro atoms. The third kappa shape index (κ3) is 5.15. The van der Waals surface area contributed by atoms with Crippen LogP contribution in [0.15, 0.2) is 47.4 Å². The molecular weight excluding hydrogens is 563 g/mol. The number of rotatable bonds is 7. The van der Waals surface area contributed by atoms with Crippen LogP contribution in [-0.2, 0) is 18.5 Å². The van der Waals surface area contributed by atoms with Gasteiger partial charge in [-0.25, -0.2) is 3.63 Å². The summed E-state index contributed by atoms with van der Waals surface area (Å²) in [6.45, 7) is 4.93. The highest BCUT2D eigenvalue weighted by Gasteiger charge is 2.86. The molecule has 2 aromatic carbocycles. The summed E-state index contributed by atoms with van der Waals surface area (Å²) in [6.07, 6.45) is -7.96. The number of fused-ring (bicyclic) bond motifs is 1. The van der Waals surface area contributed by atoms with E-state index in [0.717, 1.165) is 0 Å². The van der Waals surface area contributed by atoms with Crippen LogP contribution in [-0.4, -0.2) is 54.9 Å². The fourth-order valence-electron chi connectivity index (χ4n) is 3.93. The summed E-state index contributed by atoms with van der Waals surface area (Å²) < 4.78 is 157. The Kier molecular flexibility index (Phi) is 7.41. The molecule has 1 heterocycles. The number of benzene rings is 2. The number of hydrogen-bond acceptors (Lipinski definition) is 4. The molecular formula is C22H23F9O4S2. The van der Waals surface area contributed by atoms with Crippen LogP contribution in [0.4, 0.5) is 39.5 Å². The first-order valence-electron chi connectivity index (χ1n) is 10.7. The van der Waals surface area contributed by atoms with Crippen molar-refractivity contribution >= 4 is 31.2 Å². The van der Waals surface area contributed by atoms with Crippen LogP contribution in [0.25, 0.3) is 10.8 Å². The zero-order chi connectivity index (χ0) is 28.3. The van der Waals surface area contributed by atoms with Gasteiger partial charge in [-0.15, -0.1) is 0 Å². The molecule has 0 aliphatic carbocycles. The predicted octanol–water partition coefficient (Wildman–Crippen LogP) is 7.28. The predicted molar refractivity (Wildman–Crippen MR) is 120 cm³/mol. The minimum absolute atomic E-state index is 0.0199. The molecule has 0 saturated carbocycles. The van der Waals surface area contributed by atoms with Crippen LogP contribution in [0.2, 0.25) is 0 Å². The van der Waals surface area contributed by atoms with E-state index in [1.165, 1.54) is 24.3 Å². The lowest BCUT2D eigenvalue weighted by molar-refractivity contribution is -0.382. The Hall–Kier alpha value is -1.71. The summed E-state index contributed by atoms with van der Waals surface area (Å²) >= 11 is 0. The molecule has 3 rings (SSSR count). The monoisotopic (exact) mass is 586 g/mol. The molecule has 0 N–H and O–H groups in total. The third-order valence-electron chi connectivity index (χ3n) is 5.55. The van der Waals surface area contributed by atoms with Gasteiger partial charge in [0, 0.05) is 16.4 Å². The first kappa shape index (κ1) is 29.8. The molecule has 2 unspecified atom stereocenters. The molecule has 4 nitrogen and oxygen atoms in total. The van der Waals surface area contributed by atoms with Crippen molar-refractivity contribution in [3.63, 3.8) is 0 Å². The minimum Gasteiger partial charge on any atom is -0.372 e. The van der Waals surface area contributed by atoms with E-state index in [0.29, 0.717) is 10.8 Å². The SMILES string of the molecule is CC(C)(C)OC1CCS(OS(=O)(=O)C(F)(F)C(F)(F)C(F)(F)C(F)(F)F)(c2cccc3ccccc23)C1. The summed E-state index contributed by atoms with van der Waals surface area (Å²) in [5.41, 5.74) is -0.802. The maximum atomic E-state index is 14.6. The van der Waals surface area contributed by atoms with Gasteiger partial charge in [0.05, 0.1) is 11.7 Å². The van der Waals surface area contributed by atoms with Gasteiger partial charge in [-0.05, 0) is 44.0 Å². The van der Waals surface area contributed by atoms with E-state index in [9.17, 15) is 47.9 Å². The van der Waals surface area contributed by atoms with Crippen molar-refractivity contribution in [2.45, 2.75) is 67.1 Å². The highest BCUT2D eigenvalue weighted by atomic mass is 32.3. The van der Waals surface area contributed by atoms with Crippen molar-refractivity contribution in [3.05, 3.63) is 42.5 Å². The zero-order valence-electron chi connectivity index (χ0n) is 19.6. The lowest BCUT2D eigenvalue weighted by Crippen LogP contribution is -2.63. The van der Waals surface area contributed by atoms with E-state index in [1.54, 1.807) is 39.0 Å². The molecule has 0 aromatic heterocycles. The molecule has 0 bridgehead atoms. The van der Waals surface area contributed by atoms with Gasteiger partial charge >= 0.3 is 33.4 Å². The highest BCUT2D eigenvalue weighted by Crippen LogP contribution is 2.67. The zero-order valence-corrected chi connectivity index (χ0v) is 21.2. The van der Waals surface area contributed by atoms with Gasteiger partial charge in [0.1, 0.15) is 0 Å². The normalized spacial score (nSPS) is 24.3. The van der Waals surface area contributed by atoms with Crippen molar-refractivity contribution in [2.75, 3.05) is 11.5 Å². The average Bonchev–Trinajstić information content (AvgIpc) is 3.12. The van der Waals surface area contributed by atoms with Crippen molar-refractivity contribution < 1.29 is 56.3 Å².